The predicted molar refractivity (Wildman–Crippen MR) is 65.2 cm³/mol. The summed E-state index contributed by atoms with van der Waals surface area (Å²) in [4.78, 5) is 2.03. The minimum atomic E-state index is -0.433. The fourth-order valence-electron chi connectivity index (χ4n) is 1.94. The molecule has 0 amide bonds. The van der Waals surface area contributed by atoms with E-state index in [4.69, 9.17) is 5.26 Å². The Balaban J connectivity index is 2.32. The maximum Gasteiger partial charge on any atom is 0.143 e. The summed E-state index contributed by atoms with van der Waals surface area (Å²) in [5, 5.41) is 8.97. The quantitative estimate of drug-likeness (QED) is 0.790. The molecule has 1 aliphatic heterocycles. The number of thioether (sulfide) groups is 1. The molecule has 1 fully saturated rings. The zero-order chi connectivity index (χ0) is 11.5. The number of nitriles is 1. The van der Waals surface area contributed by atoms with E-state index >= 15 is 0 Å². The lowest BCUT2D eigenvalue weighted by atomic mass is 10.1. The normalized spacial score (nSPS) is 19.4. The van der Waals surface area contributed by atoms with Crippen LogP contribution in [0.4, 0.5) is 10.1 Å². The molecule has 1 atom stereocenters. The molecule has 1 unspecified atom stereocenters. The first kappa shape index (κ1) is 11.3. The van der Waals surface area contributed by atoms with Crippen molar-refractivity contribution in [1.29, 1.82) is 5.26 Å². The van der Waals surface area contributed by atoms with Gasteiger partial charge in [-0.15, -0.1) is 0 Å². The Morgan fingerprint density at radius 3 is 3.00 bits per heavy atom. The fourth-order valence-corrected chi connectivity index (χ4v) is 3.21. The zero-order valence-corrected chi connectivity index (χ0v) is 9.93. The van der Waals surface area contributed by atoms with Gasteiger partial charge < -0.3 is 4.90 Å². The highest BCUT2D eigenvalue weighted by molar-refractivity contribution is 7.99. The molecule has 2 nitrogen and oxygen atoms in total. The lowest BCUT2D eigenvalue weighted by Gasteiger charge is -2.26. The van der Waals surface area contributed by atoms with Crippen molar-refractivity contribution >= 4 is 17.4 Å². The van der Waals surface area contributed by atoms with Gasteiger partial charge in [-0.1, -0.05) is 6.07 Å². The Morgan fingerprint density at radius 1 is 1.56 bits per heavy atom. The van der Waals surface area contributed by atoms with Gasteiger partial charge in [-0.05, 0) is 24.3 Å². The highest BCUT2D eigenvalue weighted by Crippen LogP contribution is 2.28. The summed E-state index contributed by atoms with van der Waals surface area (Å²) >= 11 is 1.90. The van der Waals surface area contributed by atoms with Gasteiger partial charge in [0.15, 0.2) is 0 Å². The number of anilines is 1. The molecule has 1 aromatic rings. The summed E-state index contributed by atoms with van der Waals surface area (Å²) in [6.07, 6.45) is 1.10. The first-order valence-corrected chi connectivity index (χ1v) is 6.38. The van der Waals surface area contributed by atoms with E-state index in [1.165, 1.54) is 6.07 Å². The summed E-state index contributed by atoms with van der Waals surface area (Å²) in [6, 6.07) is 7.16. The Morgan fingerprint density at radius 2 is 2.38 bits per heavy atom. The average Bonchev–Trinajstić information content (AvgIpc) is 2.81. The van der Waals surface area contributed by atoms with Crippen molar-refractivity contribution in [3.8, 4) is 6.07 Å². The standard InChI is InChI=1S/C12H13FN2S/c1-15(9-5-6-16-8-9)12-4-2-3-11(13)10(12)7-14/h2-4,9H,5-6,8H2,1H3. The minimum absolute atomic E-state index is 0.155. The van der Waals surface area contributed by atoms with E-state index in [2.05, 4.69) is 0 Å². The van der Waals surface area contributed by atoms with Crippen molar-refractivity contribution in [3.63, 3.8) is 0 Å². The monoisotopic (exact) mass is 236 g/mol. The highest BCUT2D eigenvalue weighted by Gasteiger charge is 2.22. The van der Waals surface area contributed by atoms with Crippen molar-refractivity contribution in [2.24, 2.45) is 0 Å². The van der Waals surface area contributed by atoms with Crippen molar-refractivity contribution in [2.45, 2.75) is 12.5 Å². The number of rotatable bonds is 2. The van der Waals surface area contributed by atoms with E-state index in [-0.39, 0.29) is 5.56 Å². The molecular weight excluding hydrogens is 223 g/mol. The molecule has 0 spiro atoms. The van der Waals surface area contributed by atoms with Crippen LogP contribution in [-0.2, 0) is 0 Å². The van der Waals surface area contributed by atoms with Crippen LogP contribution in [0, 0.1) is 17.1 Å². The van der Waals surface area contributed by atoms with E-state index in [9.17, 15) is 4.39 Å². The third-order valence-corrected chi connectivity index (χ3v) is 4.08. The van der Waals surface area contributed by atoms with Crippen molar-refractivity contribution in [2.75, 3.05) is 23.5 Å². The van der Waals surface area contributed by atoms with Crippen molar-refractivity contribution in [3.05, 3.63) is 29.6 Å². The van der Waals surface area contributed by atoms with E-state index in [1.54, 1.807) is 6.07 Å². The molecule has 16 heavy (non-hydrogen) atoms. The van der Waals surface area contributed by atoms with Crippen LogP contribution in [-0.4, -0.2) is 24.6 Å². The van der Waals surface area contributed by atoms with Crippen molar-refractivity contribution < 1.29 is 4.39 Å². The van der Waals surface area contributed by atoms with Gasteiger partial charge in [0.05, 0.1) is 5.69 Å². The fraction of sp³-hybridized carbons (Fsp3) is 0.417. The van der Waals surface area contributed by atoms with Crippen LogP contribution >= 0.6 is 11.8 Å². The van der Waals surface area contributed by atoms with E-state index in [0.717, 1.165) is 17.9 Å². The average molecular weight is 236 g/mol. The first-order valence-electron chi connectivity index (χ1n) is 5.23. The Labute approximate surface area is 99.1 Å². The van der Waals surface area contributed by atoms with Gasteiger partial charge in [-0.3, -0.25) is 0 Å². The minimum Gasteiger partial charge on any atom is -0.370 e. The van der Waals surface area contributed by atoms with Crippen LogP contribution in [0.1, 0.15) is 12.0 Å². The number of hydrogen-bond acceptors (Lipinski definition) is 3. The summed E-state index contributed by atoms with van der Waals surface area (Å²) < 4.78 is 13.4. The maximum atomic E-state index is 13.4. The summed E-state index contributed by atoms with van der Waals surface area (Å²) in [7, 11) is 1.94. The van der Waals surface area contributed by atoms with Crippen LogP contribution in [0.25, 0.3) is 0 Å². The third kappa shape index (κ3) is 2.00. The summed E-state index contributed by atoms with van der Waals surface area (Å²) in [5.41, 5.74) is 0.858. The summed E-state index contributed by atoms with van der Waals surface area (Å²) in [5.74, 6) is 1.77. The van der Waals surface area contributed by atoms with Gasteiger partial charge in [0.2, 0.25) is 0 Å². The maximum absolute atomic E-state index is 13.4. The SMILES string of the molecule is CN(c1cccc(F)c1C#N)C1CCSC1. The van der Waals surface area contributed by atoms with Gasteiger partial charge >= 0.3 is 0 Å². The number of hydrogen-bond donors (Lipinski definition) is 0. The second-order valence-corrected chi connectivity index (χ2v) is 5.02. The molecule has 84 valence electrons. The lowest BCUT2D eigenvalue weighted by molar-refractivity contribution is 0.620. The largest absolute Gasteiger partial charge is 0.370 e. The molecule has 1 aliphatic rings. The molecule has 0 saturated carbocycles. The molecule has 2 rings (SSSR count). The van der Waals surface area contributed by atoms with Crippen LogP contribution < -0.4 is 4.90 Å². The third-order valence-electron chi connectivity index (χ3n) is 2.94. The molecule has 4 heteroatoms. The van der Waals surface area contributed by atoms with Crippen molar-refractivity contribution in [1.82, 2.24) is 0 Å². The van der Waals surface area contributed by atoms with E-state index in [0.29, 0.717) is 11.7 Å². The molecular formula is C12H13FN2S. The topological polar surface area (TPSA) is 27.0 Å². The van der Waals surface area contributed by atoms with Crippen LogP contribution in [0.15, 0.2) is 18.2 Å². The Bertz CT molecular complexity index is 422. The van der Waals surface area contributed by atoms with Gasteiger partial charge in [-0.25, -0.2) is 4.39 Å². The molecule has 0 radical (unpaired) electrons. The van der Waals surface area contributed by atoms with Gasteiger partial charge in [0.1, 0.15) is 17.4 Å². The molecule has 0 N–H and O–H groups in total. The zero-order valence-electron chi connectivity index (χ0n) is 9.11. The second-order valence-electron chi connectivity index (χ2n) is 3.87. The second kappa shape index (κ2) is 4.75. The molecule has 1 aromatic carbocycles. The van der Waals surface area contributed by atoms with Gasteiger partial charge in [0.25, 0.3) is 0 Å². The smallest absolute Gasteiger partial charge is 0.143 e. The molecule has 0 aliphatic carbocycles. The highest BCUT2D eigenvalue weighted by atomic mass is 32.2. The van der Waals surface area contributed by atoms with Crippen LogP contribution in [0.3, 0.4) is 0 Å². The van der Waals surface area contributed by atoms with Crippen LogP contribution in [0.2, 0.25) is 0 Å². The Hall–Kier alpha value is -1.21. The molecule has 0 bridgehead atoms. The summed E-state index contributed by atoms with van der Waals surface area (Å²) in [6.45, 7) is 0. The van der Waals surface area contributed by atoms with E-state index in [1.807, 2.05) is 35.8 Å². The van der Waals surface area contributed by atoms with Crippen LogP contribution in [0.5, 0.6) is 0 Å². The van der Waals surface area contributed by atoms with Gasteiger partial charge in [0, 0.05) is 18.8 Å². The van der Waals surface area contributed by atoms with E-state index < -0.39 is 5.82 Å². The molecule has 0 aromatic heterocycles. The predicted octanol–water partition coefficient (Wildman–Crippen LogP) is 2.64. The van der Waals surface area contributed by atoms with Gasteiger partial charge in [-0.2, -0.15) is 17.0 Å². The first-order chi connectivity index (χ1) is 7.74. The number of benzene rings is 1. The number of nitrogens with zero attached hydrogens (tertiary/aromatic N) is 2. The lowest BCUT2D eigenvalue weighted by Crippen LogP contribution is -2.32. The number of halogens is 1. The Kier molecular flexibility index (Phi) is 3.35. The molecule has 1 saturated heterocycles. The molecule has 1 heterocycles.